The molecule has 0 aliphatic carbocycles. The summed E-state index contributed by atoms with van der Waals surface area (Å²) >= 11 is 5.84. The van der Waals surface area contributed by atoms with Crippen LogP contribution < -0.4 is 4.72 Å². The van der Waals surface area contributed by atoms with Crippen molar-refractivity contribution in [3.05, 3.63) is 34.9 Å². The van der Waals surface area contributed by atoms with Crippen LogP contribution in [-0.4, -0.2) is 33.3 Å². The van der Waals surface area contributed by atoms with E-state index < -0.39 is 22.0 Å². The van der Waals surface area contributed by atoms with Gasteiger partial charge in [-0.15, -0.1) is 0 Å². The Kier molecular flexibility index (Phi) is 8.58. The monoisotopic (exact) mass is 361 g/mol. The van der Waals surface area contributed by atoms with Gasteiger partial charge in [-0.2, -0.15) is 0 Å². The van der Waals surface area contributed by atoms with Crippen molar-refractivity contribution < 1.29 is 17.9 Å². The Bertz CT molecular complexity index is 587. The Morgan fingerprint density at radius 2 is 1.87 bits per heavy atom. The van der Waals surface area contributed by atoms with Gasteiger partial charge in [-0.05, 0) is 43.9 Å². The van der Waals surface area contributed by atoms with Crippen molar-refractivity contribution in [1.82, 2.24) is 4.72 Å². The second kappa shape index (κ2) is 9.90. The molecule has 5 nitrogen and oxygen atoms in total. The predicted octanol–water partition coefficient (Wildman–Crippen LogP) is 2.92. The molecule has 1 unspecified atom stereocenters. The van der Waals surface area contributed by atoms with Gasteiger partial charge in [-0.3, -0.25) is 4.79 Å². The maximum Gasteiger partial charge on any atom is 0.324 e. The number of unbranched alkanes of at least 4 members (excludes halogenated alkanes) is 2. The Labute approximate surface area is 143 Å². The van der Waals surface area contributed by atoms with Crippen LogP contribution in [0.25, 0.3) is 0 Å². The molecule has 0 spiro atoms. The van der Waals surface area contributed by atoms with Crippen molar-refractivity contribution in [2.75, 3.05) is 12.9 Å². The number of hydrogen-bond acceptors (Lipinski definition) is 4. The van der Waals surface area contributed by atoms with Crippen LogP contribution in [0.3, 0.4) is 0 Å². The van der Waals surface area contributed by atoms with E-state index in [-0.39, 0.29) is 6.61 Å². The van der Waals surface area contributed by atoms with Crippen LogP contribution in [0.1, 0.15) is 38.2 Å². The van der Waals surface area contributed by atoms with Crippen molar-refractivity contribution in [1.29, 1.82) is 0 Å². The molecule has 0 aliphatic rings. The summed E-state index contributed by atoms with van der Waals surface area (Å²) in [7, 11) is -3.44. The molecule has 0 saturated heterocycles. The number of rotatable bonds is 10. The first-order valence-corrected chi connectivity index (χ1v) is 9.97. The molecule has 0 aromatic heterocycles. The third-order valence-corrected chi connectivity index (χ3v) is 4.26. The maximum atomic E-state index is 11.8. The number of carbonyl (C=O) groups excluding carboxylic acids is 1. The van der Waals surface area contributed by atoms with Gasteiger partial charge in [0.2, 0.25) is 10.0 Å². The molecule has 0 aliphatic heterocycles. The molecule has 1 N–H and O–H groups in total. The van der Waals surface area contributed by atoms with Gasteiger partial charge < -0.3 is 4.74 Å². The van der Waals surface area contributed by atoms with Crippen molar-refractivity contribution in [3.8, 4) is 0 Å². The first-order chi connectivity index (χ1) is 10.8. The molecule has 7 heteroatoms. The van der Waals surface area contributed by atoms with Gasteiger partial charge in [-0.1, -0.05) is 36.6 Å². The van der Waals surface area contributed by atoms with E-state index in [9.17, 15) is 13.2 Å². The number of hydrogen-bond donors (Lipinski definition) is 1. The molecular formula is C16H24ClNO4S. The molecule has 0 bridgehead atoms. The van der Waals surface area contributed by atoms with Crippen LogP contribution in [-0.2, 0) is 26.0 Å². The fraction of sp³-hybridized carbons (Fsp3) is 0.562. The summed E-state index contributed by atoms with van der Waals surface area (Å²) in [4.78, 5) is 11.8. The summed E-state index contributed by atoms with van der Waals surface area (Å²) in [6.07, 6.45) is 5.03. The summed E-state index contributed by atoms with van der Waals surface area (Å²) < 4.78 is 29.9. The van der Waals surface area contributed by atoms with E-state index in [0.717, 1.165) is 37.0 Å². The third kappa shape index (κ3) is 8.93. The molecule has 0 fully saturated rings. The van der Waals surface area contributed by atoms with Crippen LogP contribution in [0.4, 0.5) is 0 Å². The number of aryl methyl sites for hydroxylation is 1. The molecule has 130 valence electrons. The van der Waals surface area contributed by atoms with E-state index in [1.54, 1.807) is 6.92 Å². The fourth-order valence-corrected chi connectivity index (χ4v) is 3.09. The number of carbonyl (C=O) groups is 1. The highest BCUT2D eigenvalue weighted by molar-refractivity contribution is 7.88. The highest BCUT2D eigenvalue weighted by atomic mass is 35.5. The molecular weight excluding hydrogens is 338 g/mol. The van der Waals surface area contributed by atoms with Gasteiger partial charge in [0.05, 0.1) is 12.9 Å². The summed E-state index contributed by atoms with van der Waals surface area (Å²) in [5.41, 5.74) is 1.21. The largest absolute Gasteiger partial charge is 0.465 e. The van der Waals surface area contributed by atoms with Crippen molar-refractivity contribution >= 4 is 27.6 Å². The van der Waals surface area contributed by atoms with Gasteiger partial charge in [0.1, 0.15) is 6.04 Å². The van der Waals surface area contributed by atoms with E-state index in [4.69, 9.17) is 16.3 Å². The van der Waals surface area contributed by atoms with Crippen molar-refractivity contribution in [2.24, 2.45) is 0 Å². The average Bonchev–Trinajstić information content (AvgIpc) is 2.46. The number of halogens is 1. The van der Waals surface area contributed by atoms with Gasteiger partial charge in [0, 0.05) is 5.02 Å². The lowest BCUT2D eigenvalue weighted by Gasteiger charge is -2.15. The maximum absolute atomic E-state index is 11.8. The Balaban J connectivity index is 2.36. The standard InChI is InChI=1S/C16H24ClNO4S/c1-3-22-16(19)15(18-23(2,20)21)8-6-4-5-7-13-9-11-14(17)12-10-13/h9-12,15,18H,3-8H2,1-2H3. The van der Waals surface area contributed by atoms with Crippen molar-refractivity contribution in [2.45, 2.75) is 45.1 Å². The lowest BCUT2D eigenvalue weighted by molar-refractivity contribution is -0.145. The Morgan fingerprint density at radius 1 is 1.22 bits per heavy atom. The zero-order valence-corrected chi connectivity index (χ0v) is 15.1. The number of esters is 1. The van der Waals surface area contributed by atoms with E-state index in [2.05, 4.69) is 4.72 Å². The molecule has 0 heterocycles. The minimum Gasteiger partial charge on any atom is -0.465 e. The molecule has 1 atom stereocenters. The lowest BCUT2D eigenvalue weighted by atomic mass is 10.0. The number of ether oxygens (including phenoxy) is 1. The van der Waals surface area contributed by atoms with Crippen LogP contribution >= 0.6 is 11.6 Å². The molecule has 1 aromatic rings. The van der Waals surface area contributed by atoms with E-state index >= 15 is 0 Å². The van der Waals surface area contributed by atoms with Gasteiger partial charge in [-0.25, -0.2) is 13.1 Å². The summed E-state index contributed by atoms with van der Waals surface area (Å²) in [6, 6.07) is 6.91. The molecule has 1 rings (SSSR count). The van der Waals surface area contributed by atoms with Crippen LogP contribution in [0, 0.1) is 0 Å². The summed E-state index contributed by atoms with van der Waals surface area (Å²) in [5, 5.41) is 0.720. The molecule has 1 aromatic carbocycles. The number of benzene rings is 1. The third-order valence-electron chi connectivity index (χ3n) is 3.30. The zero-order chi connectivity index (χ0) is 17.3. The van der Waals surface area contributed by atoms with Crippen LogP contribution in [0.2, 0.25) is 5.02 Å². The first kappa shape index (κ1) is 19.9. The Morgan fingerprint density at radius 3 is 2.43 bits per heavy atom. The minimum atomic E-state index is -3.44. The minimum absolute atomic E-state index is 0.233. The van der Waals surface area contributed by atoms with E-state index in [1.165, 1.54) is 5.56 Å². The van der Waals surface area contributed by atoms with Gasteiger partial charge >= 0.3 is 5.97 Å². The first-order valence-electron chi connectivity index (χ1n) is 7.70. The SMILES string of the molecule is CCOC(=O)C(CCCCCc1ccc(Cl)cc1)NS(C)(=O)=O. The van der Waals surface area contributed by atoms with Crippen molar-refractivity contribution in [3.63, 3.8) is 0 Å². The molecule has 0 saturated carbocycles. The molecule has 23 heavy (non-hydrogen) atoms. The quantitative estimate of drug-likeness (QED) is 0.513. The number of nitrogens with one attached hydrogen (secondary N) is 1. The highest BCUT2D eigenvalue weighted by Gasteiger charge is 2.22. The second-order valence-electron chi connectivity index (χ2n) is 5.42. The average molecular weight is 362 g/mol. The highest BCUT2D eigenvalue weighted by Crippen LogP contribution is 2.13. The van der Waals surface area contributed by atoms with E-state index in [0.29, 0.717) is 6.42 Å². The van der Waals surface area contributed by atoms with E-state index in [1.807, 2.05) is 24.3 Å². The fourth-order valence-electron chi connectivity index (χ4n) is 2.23. The van der Waals surface area contributed by atoms with Crippen LogP contribution in [0.5, 0.6) is 0 Å². The smallest absolute Gasteiger partial charge is 0.324 e. The second-order valence-corrected chi connectivity index (χ2v) is 7.64. The molecule has 0 amide bonds. The lowest BCUT2D eigenvalue weighted by Crippen LogP contribution is -2.41. The summed E-state index contributed by atoms with van der Waals surface area (Å²) in [5.74, 6) is -0.518. The topological polar surface area (TPSA) is 72.5 Å². The zero-order valence-electron chi connectivity index (χ0n) is 13.5. The van der Waals surface area contributed by atoms with Gasteiger partial charge in [0.25, 0.3) is 0 Å². The Hall–Kier alpha value is -1.11. The van der Waals surface area contributed by atoms with Crippen LogP contribution in [0.15, 0.2) is 24.3 Å². The van der Waals surface area contributed by atoms with Gasteiger partial charge in [0.15, 0.2) is 0 Å². The molecule has 0 radical (unpaired) electrons. The predicted molar refractivity (Wildman–Crippen MR) is 92.0 cm³/mol. The summed E-state index contributed by atoms with van der Waals surface area (Å²) in [6.45, 7) is 1.93. The number of sulfonamides is 1. The normalized spacial score (nSPS) is 12.8.